The van der Waals surface area contributed by atoms with Gasteiger partial charge in [0.05, 0.1) is 12.7 Å². The molecule has 2 aromatic rings. The number of ether oxygens (including phenoxy) is 1. The molecule has 2 rings (SSSR count). The van der Waals surface area contributed by atoms with E-state index in [4.69, 9.17) is 0 Å². The normalized spacial score (nSPS) is 10.0. The molecule has 4 nitrogen and oxygen atoms in total. The van der Waals surface area contributed by atoms with Gasteiger partial charge in [0.15, 0.2) is 0 Å². The molecular formula is C13H12N2O2. The fourth-order valence-electron chi connectivity index (χ4n) is 1.54. The number of aromatic nitrogens is 2. The lowest BCUT2D eigenvalue weighted by atomic mass is 10.1. The van der Waals surface area contributed by atoms with Crippen molar-refractivity contribution in [3.05, 3.63) is 48.0 Å². The maximum atomic E-state index is 11.4. The summed E-state index contributed by atoms with van der Waals surface area (Å²) >= 11 is 0. The topological polar surface area (TPSA) is 52.1 Å². The van der Waals surface area contributed by atoms with Gasteiger partial charge in [-0.1, -0.05) is 0 Å². The van der Waals surface area contributed by atoms with Gasteiger partial charge in [-0.25, -0.2) is 4.79 Å². The maximum absolute atomic E-state index is 11.4. The number of carbonyl (C=O) groups excluding carboxylic acids is 1. The van der Waals surface area contributed by atoms with Gasteiger partial charge >= 0.3 is 5.97 Å². The minimum absolute atomic E-state index is 0.389. The minimum atomic E-state index is -0.389. The van der Waals surface area contributed by atoms with Crippen LogP contribution in [0.4, 0.5) is 0 Å². The first kappa shape index (κ1) is 11.3. The summed E-state index contributed by atoms with van der Waals surface area (Å²) in [6, 6.07) is 3.74. The monoisotopic (exact) mass is 228 g/mol. The zero-order valence-electron chi connectivity index (χ0n) is 9.68. The molecule has 2 heterocycles. The first-order valence-corrected chi connectivity index (χ1v) is 5.16. The Hall–Kier alpha value is -2.23. The number of nitrogens with zero attached hydrogens (tertiary/aromatic N) is 2. The van der Waals surface area contributed by atoms with Gasteiger partial charge in [0.2, 0.25) is 0 Å². The van der Waals surface area contributed by atoms with Gasteiger partial charge in [-0.15, -0.1) is 0 Å². The van der Waals surface area contributed by atoms with Crippen LogP contribution in [-0.2, 0) is 4.74 Å². The van der Waals surface area contributed by atoms with Crippen molar-refractivity contribution in [3.8, 4) is 11.1 Å². The summed E-state index contributed by atoms with van der Waals surface area (Å²) < 4.78 is 4.66. The highest BCUT2D eigenvalue weighted by Gasteiger charge is 2.07. The highest BCUT2D eigenvalue weighted by Crippen LogP contribution is 2.19. The van der Waals surface area contributed by atoms with E-state index in [0.29, 0.717) is 5.56 Å². The van der Waals surface area contributed by atoms with Crippen LogP contribution in [0.15, 0.2) is 36.9 Å². The molecule has 0 aliphatic carbocycles. The SMILES string of the molecule is COC(=O)c1cncc(-c2cncc(C)c2)c1. The van der Waals surface area contributed by atoms with Crippen molar-refractivity contribution in [1.29, 1.82) is 0 Å². The number of aryl methyl sites for hydroxylation is 1. The Balaban J connectivity index is 2.43. The van der Waals surface area contributed by atoms with Crippen molar-refractivity contribution in [2.24, 2.45) is 0 Å². The van der Waals surface area contributed by atoms with Gasteiger partial charge in [-0.05, 0) is 24.6 Å². The molecule has 0 atom stereocenters. The second-order valence-corrected chi connectivity index (χ2v) is 3.70. The fourth-order valence-corrected chi connectivity index (χ4v) is 1.54. The van der Waals surface area contributed by atoms with Crippen LogP contribution in [0.5, 0.6) is 0 Å². The van der Waals surface area contributed by atoms with Gasteiger partial charge in [0.25, 0.3) is 0 Å². The predicted octanol–water partition coefficient (Wildman–Crippen LogP) is 2.24. The third kappa shape index (κ3) is 2.47. The van der Waals surface area contributed by atoms with Crippen LogP contribution in [-0.4, -0.2) is 23.0 Å². The van der Waals surface area contributed by atoms with Crippen LogP contribution in [0.2, 0.25) is 0 Å². The number of rotatable bonds is 2. The molecule has 0 bridgehead atoms. The largest absolute Gasteiger partial charge is 0.465 e. The fraction of sp³-hybridized carbons (Fsp3) is 0.154. The molecule has 0 spiro atoms. The summed E-state index contributed by atoms with van der Waals surface area (Å²) in [5, 5.41) is 0. The molecule has 0 fully saturated rings. The highest BCUT2D eigenvalue weighted by atomic mass is 16.5. The molecular weight excluding hydrogens is 216 g/mol. The number of carbonyl (C=O) groups is 1. The molecule has 2 aromatic heterocycles. The molecule has 0 saturated carbocycles. The number of pyridine rings is 2. The Bertz CT molecular complexity index is 553. The van der Waals surface area contributed by atoms with E-state index in [0.717, 1.165) is 16.7 Å². The molecule has 0 aliphatic rings. The van der Waals surface area contributed by atoms with E-state index in [-0.39, 0.29) is 5.97 Å². The van der Waals surface area contributed by atoms with Crippen molar-refractivity contribution in [1.82, 2.24) is 9.97 Å². The molecule has 0 amide bonds. The van der Waals surface area contributed by atoms with Gasteiger partial charge in [-0.3, -0.25) is 9.97 Å². The summed E-state index contributed by atoms with van der Waals surface area (Å²) in [4.78, 5) is 19.5. The third-order valence-electron chi connectivity index (χ3n) is 2.37. The van der Waals surface area contributed by atoms with Crippen LogP contribution in [0.3, 0.4) is 0 Å². The summed E-state index contributed by atoms with van der Waals surface area (Å²) in [5.74, 6) is -0.389. The molecule has 0 radical (unpaired) electrons. The van der Waals surface area contributed by atoms with Gasteiger partial charge in [0, 0.05) is 35.9 Å². The summed E-state index contributed by atoms with van der Waals surface area (Å²) in [6.45, 7) is 1.97. The minimum Gasteiger partial charge on any atom is -0.465 e. The number of hydrogen-bond acceptors (Lipinski definition) is 4. The lowest BCUT2D eigenvalue weighted by Gasteiger charge is -2.04. The van der Waals surface area contributed by atoms with E-state index in [1.807, 2.05) is 13.0 Å². The summed E-state index contributed by atoms with van der Waals surface area (Å²) in [5.41, 5.74) is 3.28. The van der Waals surface area contributed by atoms with Crippen LogP contribution in [0, 0.1) is 6.92 Å². The van der Waals surface area contributed by atoms with Crippen LogP contribution in [0.1, 0.15) is 15.9 Å². The highest BCUT2D eigenvalue weighted by molar-refractivity contribution is 5.90. The van der Waals surface area contributed by atoms with E-state index < -0.39 is 0 Å². The lowest BCUT2D eigenvalue weighted by Crippen LogP contribution is -2.01. The first-order chi connectivity index (χ1) is 8.20. The van der Waals surface area contributed by atoms with E-state index in [1.54, 1.807) is 24.7 Å². The molecule has 17 heavy (non-hydrogen) atoms. The second kappa shape index (κ2) is 4.74. The molecule has 4 heteroatoms. The second-order valence-electron chi connectivity index (χ2n) is 3.70. The molecule has 0 aliphatic heterocycles. The predicted molar refractivity (Wildman–Crippen MR) is 63.5 cm³/mol. The number of methoxy groups -OCH3 is 1. The molecule has 0 N–H and O–H groups in total. The third-order valence-corrected chi connectivity index (χ3v) is 2.37. The van der Waals surface area contributed by atoms with Crippen LogP contribution >= 0.6 is 0 Å². The first-order valence-electron chi connectivity index (χ1n) is 5.16. The van der Waals surface area contributed by atoms with Crippen LogP contribution in [0.25, 0.3) is 11.1 Å². The average molecular weight is 228 g/mol. The summed E-state index contributed by atoms with van der Waals surface area (Å²) in [7, 11) is 1.35. The molecule has 86 valence electrons. The Morgan fingerprint density at radius 1 is 1.06 bits per heavy atom. The maximum Gasteiger partial charge on any atom is 0.339 e. The standard InChI is InChI=1S/C13H12N2O2/c1-9-3-10(6-14-5-9)11-4-12(8-15-7-11)13(16)17-2/h3-8H,1-2H3. The lowest BCUT2D eigenvalue weighted by molar-refractivity contribution is 0.0600. The number of esters is 1. The average Bonchev–Trinajstić information content (AvgIpc) is 2.38. The Morgan fingerprint density at radius 3 is 2.35 bits per heavy atom. The molecule has 0 unspecified atom stereocenters. The quantitative estimate of drug-likeness (QED) is 0.740. The van der Waals surface area contributed by atoms with E-state index >= 15 is 0 Å². The molecule has 0 aromatic carbocycles. The zero-order chi connectivity index (χ0) is 12.3. The Morgan fingerprint density at radius 2 is 1.71 bits per heavy atom. The Kier molecular flexibility index (Phi) is 3.14. The molecule has 0 saturated heterocycles. The zero-order valence-corrected chi connectivity index (χ0v) is 9.68. The van der Waals surface area contributed by atoms with Crippen molar-refractivity contribution in [2.75, 3.05) is 7.11 Å². The van der Waals surface area contributed by atoms with Crippen molar-refractivity contribution in [3.63, 3.8) is 0 Å². The van der Waals surface area contributed by atoms with Gasteiger partial charge in [0.1, 0.15) is 0 Å². The van der Waals surface area contributed by atoms with Gasteiger partial charge in [-0.2, -0.15) is 0 Å². The Labute approximate surface area is 99.3 Å². The van der Waals surface area contributed by atoms with Crippen molar-refractivity contribution < 1.29 is 9.53 Å². The van der Waals surface area contributed by atoms with E-state index in [9.17, 15) is 4.79 Å². The van der Waals surface area contributed by atoms with Gasteiger partial charge < -0.3 is 4.74 Å². The summed E-state index contributed by atoms with van der Waals surface area (Å²) in [6.07, 6.45) is 6.70. The van der Waals surface area contributed by atoms with Crippen molar-refractivity contribution in [2.45, 2.75) is 6.92 Å². The number of hydrogen-bond donors (Lipinski definition) is 0. The smallest absolute Gasteiger partial charge is 0.339 e. The van der Waals surface area contributed by atoms with Crippen LogP contribution < -0.4 is 0 Å². The van der Waals surface area contributed by atoms with E-state index in [2.05, 4.69) is 14.7 Å². The van der Waals surface area contributed by atoms with Crippen molar-refractivity contribution >= 4 is 5.97 Å². The van der Waals surface area contributed by atoms with E-state index in [1.165, 1.54) is 13.3 Å².